The minimum absolute atomic E-state index is 0.0681. The molecule has 0 fully saturated rings. The highest BCUT2D eigenvalue weighted by atomic mass is 19.4. The highest BCUT2D eigenvalue weighted by Gasteiger charge is 2.31. The van der Waals surface area contributed by atoms with Gasteiger partial charge in [0.05, 0.1) is 16.8 Å². The van der Waals surface area contributed by atoms with Crippen molar-refractivity contribution in [2.45, 2.75) is 13.1 Å². The smallest absolute Gasteiger partial charge is 0.416 e. The molecule has 0 bridgehead atoms. The second-order valence-electron chi connectivity index (χ2n) is 4.47. The van der Waals surface area contributed by atoms with Gasteiger partial charge < -0.3 is 10.5 Å². The number of aromatic nitrogens is 2. The Morgan fingerprint density at radius 1 is 1.33 bits per heavy atom. The van der Waals surface area contributed by atoms with Gasteiger partial charge in [0, 0.05) is 13.1 Å². The normalized spacial score (nSPS) is 11.5. The third kappa shape index (κ3) is 3.15. The van der Waals surface area contributed by atoms with Gasteiger partial charge in [0.25, 0.3) is 0 Å². The SMILES string of the molecule is Cc1cc(Oc2ccc(C(F)(F)F)cc2C(=N)N)n(C)n1. The number of nitrogen functional groups attached to an aromatic ring is 1. The van der Waals surface area contributed by atoms with E-state index in [0.29, 0.717) is 11.6 Å². The van der Waals surface area contributed by atoms with Crippen molar-refractivity contribution >= 4 is 5.84 Å². The molecule has 0 unspecified atom stereocenters. The molecular formula is C13H13F3N4O. The summed E-state index contributed by atoms with van der Waals surface area (Å²) in [6, 6.07) is 4.44. The maximum Gasteiger partial charge on any atom is 0.416 e. The second kappa shape index (κ2) is 5.12. The number of nitrogens with two attached hydrogens (primary N) is 1. The zero-order valence-corrected chi connectivity index (χ0v) is 11.3. The highest BCUT2D eigenvalue weighted by molar-refractivity contribution is 5.97. The Bertz CT molecular complexity index is 691. The van der Waals surface area contributed by atoms with Gasteiger partial charge >= 0.3 is 6.18 Å². The molecule has 0 atom stereocenters. The predicted molar refractivity (Wildman–Crippen MR) is 70.5 cm³/mol. The van der Waals surface area contributed by atoms with Crippen molar-refractivity contribution < 1.29 is 17.9 Å². The third-order valence-corrected chi connectivity index (χ3v) is 2.77. The quantitative estimate of drug-likeness (QED) is 0.675. The lowest BCUT2D eigenvalue weighted by Gasteiger charge is -2.13. The highest BCUT2D eigenvalue weighted by Crippen LogP contribution is 2.34. The van der Waals surface area contributed by atoms with Gasteiger partial charge in [-0.1, -0.05) is 0 Å². The number of hydrogen-bond acceptors (Lipinski definition) is 3. The number of nitrogens with zero attached hydrogens (tertiary/aromatic N) is 2. The molecular weight excluding hydrogens is 285 g/mol. The third-order valence-electron chi connectivity index (χ3n) is 2.77. The van der Waals surface area contributed by atoms with Gasteiger partial charge in [-0.25, -0.2) is 4.68 Å². The van der Waals surface area contributed by atoms with Crippen LogP contribution in [0, 0.1) is 12.3 Å². The molecule has 0 radical (unpaired) electrons. The van der Waals surface area contributed by atoms with E-state index in [1.807, 2.05) is 0 Å². The van der Waals surface area contributed by atoms with Gasteiger partial charge in [-0.05, 0) is 25.1 Å². The van der Waals surface area contributed by atoms with Crippen LogP contribution < -0.4 is 10.5 Å². The minimum Gasteiger partial charge on any atom is -0.439 e. The van der Waals surface area contributed by atoms with Gasteiger partial charge in [-0.2, -0.15) is 18.3 Å². The van der Waals surface area contributed by atoms with E-state index in [1.165, 1.54) is 4.68 Å². The average Bonchev–Trinajstić information content (AvgIpc) is 2.66. The number of aryl methyl sites for hydroxylation is 2. The molecule has 0 aliphatic carbocycles. The van der Waals surface area contributed by atoms with Crippen LogP contribution in [0.1, 0.15) is 16.8 Å². The molecule has 0 aliphatic rings. The molecule has 0 saturated heterocycles. The van der Waals surface area contributed by atoms with Gasteiger partial charge in [0.15, 0.2) is 0 Å². The molecule has 0 amide bonds. The average molecular weight is 298 g/mol. The predicted octanol–water partition coefficient (Wildman–Crippen LogP) is 2.82. The summed E-state index contributed by atoms with van der Waals surface area (Å²) in [7, 11) is 1.64. The number of alkyl halides is 3. The maximum atomic E-state index is 12.7. The molecule has 3 N–H and O–H groups in total. The molecule has 2 aromatic rings. The van der Waals surface area contributed by atoms with Crippen molar-refractivity contribution in [3.63, 3.8) is 0 Å². The maximum absolute atomic E-state index is 12.7. The zero-order valence-electron chi connectivity index (χ0n) is 11.3. The van der Waals surface area contributed by atoms with Crippen LogP contribution in [0.25, 0.3) is 0 Å². The zero-order chi connectivity index (χ0) is 15.8. The van der Waals surface area contributed by atoms with Gasteiger partial charge in [-0.3, -0.25) is 5.41 Å². The first-order chi connectivity index (χ1) is 9.68. The first kappa shape index (κ1) is 14.9. The van der Waals surface area contributed by atoms with E-state index in [1.54, 1.807) is 20.0 Å². The van der Waals surface area contributed by atoms with E-state index in [9.17, 15) is 13.2 Å². The fraction of sp³-hybridized carbons (Fsp3) is 0.231. The standard InChI is InChI=1S/C13H13F3N4O/c1-7-5-11(20(2)19-7)21-10-4-3-8(13(14,15)16)6-9(10)12(17)18/h3-6H,1-2H3,(H3,17,18). The Morgan fingerprint density at radius 3 is 2.48 bits per heavy atom. The number of amidine groups is 1. The number of rotatable bonds is 3. The molecule has 0 aliphatic heterocycles. The van der Waals surface area contributed by atoms with Crippen molar-refractivity contribution in [3.05, 3.63) is 41.1 Å². The lowest BCUT2D eigenvalue weighted by atomic mass is 10.1. The van der Waals surface area contributed by atoms with E-state index >= 15 is 0 Å². The number of benzene rings is 1. The van der Waals surface area contributed by atoms with Crippen molar-refractivity contribution in [1.29, 1.82) is 5.41 Å². The molecule has 2 rings (SSSR count). The molecule has 1 aromatic carbocycles. The van der Waals surface area contributed by atoms with E-state index < -0.39 is 17.6 Å². The summed E-state index contributed by atoms with van der Waals surface area (Å²) in [5, 5.41) is 11.5. The van der Waals surface area contributed by atoms with Crippen LogP contribution >= 0.6 is 0 Å². The first-order valence-electron chi connectivity index (χ1n) is 5.92. The molecule has 0 saturated carbocycles. The fourth-order valence-electron chi connectivity index (χ4n) is 1.80. The van der Waals surface area contributed by atoms with Gasteiger partial charge in [0.2, 0.25) is 5.88 Å². The van der Waals surface area contributed by atoms with E-state index in [-0.39, 0.29) is 11.3 Å². The van der Waals surface area contributed by atoms with E-state index in [4.69, 9.17) is 15.9 Å². The topological polar surface area (TPSA) is 76.9 Å². The molecule has 1 aromatic heterocycles. The molecule has 21 heavy (non-hydrogen) atoms. The van der Waals surface area contributed by atoms with Crippen LogP contribution in [0.4, 0.5) is 13.2 Å². The summed E-state index contributed by atoms with van der Waals surface area (Å²) in [6.45, 7) is 1.76. The summed E-state index contributed by atoms with van der Waals surface area (Å²) in [4.78, 5) is 0. The number of nitrogens with one attached hydrogen (secondary N) is 1. The molecule has 8 heteroatoms. The van der Waals surface area contributed by atoms with Crippen molar-refractivity contribution in [3.8, 4) is 11.6 Å². The lowest BCUT2D eigenvalue weighted by Crippen LogP contribution is -2.15. The fourth-order valence-corrected chi connectivity index (χ4v) is 1.80. The van der Waals surface area contributed by atoms with Crippen molar-refractivity contribution in [1.82, 2.24) is 9.78 Å². The molecule has 0 spiro atoms. The summed E-state index contributed by atoms with van der Waals surface area (Å²) in [5.74, 6) is -0.0942. The first-order valence-corrected chi connectivity index (χ1v) is 5.92. The summed E-state index contributed by atoms with van der Waals surface area (Å²) in [5.41, 5.74) is 5.03. The number of halogens is 3. The van der Waals surface area contributed by atoms with Gasteiger partial charge in [0.1, 0.15) is 11.6 Å². The largest absolute Gasteiger partial charge is 0.439 e. The molecule has 1 heterocycles. The lowest BCUT2D eigenvalue weighted by molar-refractivity contribution is -0.137. The number of ether oxygens (including phenoxy) is 1. The monoisotopic (exact) mass is 298 g/mol. The van der Waals surface area contributed by atoms with Crippen LogP contribution in [0.2, 0.25) is 0 Å². The van der Waals surface area contributed by atoms with Crippen molar-refractivity contribution in [2.75, 3.05) is 0 Å². The van der Waals surface area contributed by atoms with Crippen LogP contribution in [-0.2, 0) is 13.2 Å². The Hall–Kier alpha value is -2.51. The Morgan fingerprint density at radius 2 is 2.00 bits per heavy atom. The van der Waals surface area contributed by atoms with Crippen LogP contribution in [0.15, 0.2) is 24.3 Å². The van der Waals surface area contributed by atoms with Crippen LogP contribution in [-0.4, -0.2) is 15.6 Å². The second-order valence-corrected chi connectivity index (χ2v) is 4.47. The van der Waals surface area contributed by atoms with Gasteiger partial charge in [-0.15, -0.1) is 0 Å². The summed E-state index contributed by atoms with van der Waals surface area (Å²) in [6.07, 6.45) is -4.51. The van der Waals surface area contributed by atoms with E-state index in [0.717, 1.165) is 18.2 Å². The molecule has 5 nitrogen and oxygen atoms in total. The number of hydrogen-bond donors (Lipinski definition) is 2. The Kier molecular flexibility index (Phi) is 3.63. The molecule has 112 valence electrons. The van der Waals surface area contributed by atoms with E-state index in [2.05, 4.69) is 5.10 Å². The summed E-state index contributed by atoms with van der Waals surface area (Å²) < 4.78 is 45.0. The summed E-state index contributed by atoms with van der Waals surface area (Å²) >= 11 is 0. The Balaban J connectivity index is 2.44. The Labute approximate surface area is 118 Å². The minimum atomic E-state index is -4.51. The van der Waals surface area contributed by atoms with Crippen LogP contribution in [0.5, 0.6) is 11.6 Å². The van der Waals surface area contributed by atoms with Crippen LogP contribution in [0.3, 0.4) is 0 Å². The van der Waals surface area contributed by atoms with Crippen molar-refractivity contribution in [2.24, 2.45) is 12.8 Å².